The summed E-state index contributed by atoms with van der Waals surface area (Å²) in [5, 5.41) is 0. The molecule has 29 heavy (non-hydrogen) atoms. The molecule has 2 aromatic carbocycles. The number of hydrogen-bond donors (Lipinski definition) is 0. The van der Waals surface area contributed by atoms with Crippen LogP contribution in [0.2, 0.25) is 0 Å². The van der Waals surface area contributed by atoms with Crippen molar-refractivity contribution in [3.05, 3.63) is 51.8 Å². The molecule has 6 nitrogen and oxygen atoms in total. The lowest BCUT2D eigenvalue weighted by Crippen LogP contribution is -2.20. The molecular formula is C22H26N2O4S. The Morgan fingerprint density at radius 3 is 2.62 bits per heavy atom. The average molecular weight is 415 g/mol. The van der Waals surface area contributed by atoms with Crippen LogP contribution in [0.4, 0.5) is 0 Å². The van der Waals surface area contributed by atoms with Crippen LogP contribution in [0.3, 0.4) is 0 Å². The van der Waals surface area contributed by atoms with Crippen LogP contribution in [0.15, 0.2) is 35.3 Å². The first-order valence-electron chi connectivity index (χ1n) is 9.47. The highest BCUT2D eigenvalue weighted by Gasteiger charge is 2.15. The smallest absolute Gasteiger partial charge is 0.283 e. The van der Waals surface area contributed by atoms with Gasteiger partial charge in [-0.05, 0) is 50.1 Å². The second-order valence-corrected chi connectivity index (χ2v) is 7.65. The van der Waals surface area contributed by atoms with Crippen LogP contribution >= 0.6 is 11.3 Å². The highest BCUT2D eigenvalue weighted by molar-refractivity contribution is 7.16. The van der Waals surface area contributed by atoms with Crippen LogP contribution in [-0.4, -0.2) is 37.9 Å². The number of carbonyl (C=O) groups excluding carboxylic acids is 1. The molecule has 7 heteroatoms. The van der Waals surface area contributed by atoms with Gasteiger partial charge in [0.1, 0.15) is 11.5 Å². The normalized spacial score (nSPS) is 11.8. The zero-order valence-electron chi connectivity index (χ0n) is 17.4. The van der Waals surface area contributed by atoms with Gasteiger partial charge in [-0.15, -0.1) is 0 Å². The fourth-order valence-corrected chi connectivity index (χ4v) is 4.54. The number of ether oxygens (including phenoxy) is 3. The highest BCUT2D eigenvalue weighted by atomic mass is 32.1. The van der Waals surface area contributed by atoms with Crippen molar-refractivity contribution in [1.29, 1.82) is 0 Å². The quantitative estimate of drug-likeness (QED) is 0.546. The fourth-order valence-electron chi connectivity index (χ4n) is 3.31. The van der Waals surface area contributed by atoms with Crippen molar-refractivity contribution >= 4 is 27.5 Å². The molecule has 154 valence electrons. The summed E-state index contributed by atoms with van der Waals surface area (Å²) in [6.07, 6.45) is 0. The van der Waals surface area contributed by atoms with Crippen LogP contribution < -0.4 is 14.3 Å². The third-order valence-electron chi connectivity index (χ3n) is 4.61. The lowest BCUT2D eigenvalue weighted by Gasteiger charge is -2.09. The van der Waals surface area contributed by atoms with E-state index in [0.717, 1.165) is 15.8 Å². The number of nitrogens with zero attached hydrogens (tertiary/aromatic N) is 2. The number of benzene rings is 2. The van der Waals surface area contributed by atoms with E-state index in [1.165, 1.54) is 24.0 Å². The minimum Gasteiger partial charge on any atom is -0.497 e. The first kappa shape index (κ1) is 21.1. The molecule has 0 fully saturated rings. The van der Waals surface area contributed by atoms with Gasteiger partial charge >= 0.3 is 0 Å². The van der Waals surface area contributed by atoms with Crippen molar-refractivity contribution < 1.29 is 19.0 Å². The van der Waals surface area contributed by atoms with E-state index in [4.69, 9.17) is 14.2 Å². The maximum Gasteiger partial charge on any atom is 0.283 e. The molecule has 3 aromatic rings. The van der Waals surface area contributed by atoms with E-state index in [1.54, 1.807) is 25.3 Å². The first-order chi connectivity index (χ1) is 14.0. The lowest BCUT2D eigenvalue weighted by molar-refractivity contribution is 0.0993. The van der Waals surface area contributed by atoms with Crippen molar-refractivity contribution in [3.8, 4) is 11.5 Å². The SMILES string of the molecule is CCOCCn1c(=NC(=O)c2ccc(OC)cc2OC)sc2cc(C)cc(C)c21. The summed E-state index contributed by atoms with van der Waals surface area (Å²) < 4.78 is 19.3. The molecule has 1 aromatic heterocycles. The molecule has 0 unspecified atom stereocenters. The maximum absolute atomic E-state index is 13.0. The predicted molar refractivity (Wildman–Crippen MR) is 115 cm³/mol. The number of hydrogen-bond acceptors (Lipinski definition) is 5. The molecule has 0 aliphatic heterocycles. The molecule has 0 bridgehead atoms. The molecule has 0 spiro atoms. The molecule has 1 amide bonds. The van der Waals surface area contributed by atoms with E-state index in [0.29, 0.717) is 41.6 Å². The Hall–Kier alpha value is -2.64. The predicted octanol–water partition coefficient (Wildman–Crippen LogP) is 4.11. The number of carbonyl (C=O) groups is 1. The first-order valence-corrected chi connectivity index (χ1v) is 10.3. The number of methoxy groups -OCH3 is 2. The van der Waals surface area contributed by atoms with Crippen molar-refractivity contribution in [2.24, 2.45) is 4.99 Å². The topological polar surface area (TPSA) is 62.1 Å². The third-order valence-corrected chi connectivity index (χ3v) is 5.64. The van der Waals surface area contributed by atoms with E-state index in [9.17, 15) is 4.79 Å². The van der Waals surface area contributed by atoms with Crippen LogP contribution in [0.1, 0.15) is 28.4 Å². The Kier molecular flexibility index (Phi) is 6.71. The van der Waals surface area contributed by atoms with E-state index in [-0.39, 0.29) is 5.91 Å². The molecule has 1 heterocycles. The van der Waals surface area contributed by atoms with Crippen LogP contribution in [-0.2, 0) is 11.3 Å². The van der Waals surface area contributed by atoms with E-state index < -0.39 is 0 Å². The fraction of sp³-hybridized carbons (Fsp3) is 0.364. The molecule has 0 radical (unpaired) electrons. The summed E-state index contributed by atoms with van der Waals surface area (Å²) in [6, 6.07) is 9.36. The molecule has 0 aliphatic rings. The number of fused-ring (bicyclic) bond motifs is 1. The molecule has 3 rings (SSSR count). The number of thiazole rings is 1. The number of rotatable bonds is 7. The van der Waals surface area contributed by atoms with Crippen molar-refractivity contribution in [1.82, 2.24) is 4.57 Å². The molecule has 0 saturated heterocycles. The summed E-state index contributed by atoms with van der Waals surface area (Å²) in [5.41, 5.74) is 3.83. The monoisotopic (exact) mass is 414 g/mol. The second-order valence-electron chi connectivity index (χ2n) is 6.64. The molecule has 0 saturated carbocycles. The van der Waals surface area contributed by atoms with Crippen molar-refractivity contribution in [2.45, 2.75) is 27.3 Å². The second kappa shape index (κ2) is 9.24. The van der Waals surface area contributed by atoms with E-state index in [1.807, 2.05) is 6.92 Å². The van der Waals surface area contributed by atoms with Crippen LogP contribution in [0, 0.1) is 13.8 Å². The summed E-state index contributed by atoms with van der Waals surface area (Å²) in [5.74, 6) is 0.709. The van der Waals surface area contributed by atoms with Gasteiger partial charge in [0.15, 0.2) is 4.80 Å². The number of amides is 1. The Bertz CT molecular complexity index is 1100. The zero-order chi connectivity index (χ0) is 21.0. The van der Waals surface area contributed by atoms with Gasteiger partial charge in [0.05, 0.1) is 36.6 Å². The highest BCUT2D eigenvalue weighted by Crippen LogP contribution is 2.26. The molecule has 0 aliphatic carbocycles. The minimum atomic E-state index is -0.351. The number of aromatic nitrogens is 1. The largest absolute Gasteiger partial charge is 0.497 e. The summed E-state index contributed by atoms with van der Waals surface area (Å²) >= 11 is 1.51. The van der Waals surface area contributed by atoms with Crippen LogP contribution in [0.25, 0.3) is 10.2 Å². The Morgan fingerprint density at radius 1 is 1.14 bits per heavy atom. The molecule has 0 atom stereocenters. The van der Waals surface area contributed by atoms with Gasteiger partial charge in [-0.1, -0.05) is 17.4 Å². The van der Waals surface area contributed by atoms with Gasteiger partial charge in [0.2, 0.25) is 0 Å². The van der Waals surface area contributed by atoms with Gasteiger partial charge in [0, 0.05) is 19.2 Å². The zero-order valence-corrected chi connectivity index (χ0v) is 18.3. The third kappa shape index (κ3) is 4.52. The molecular weight excluding hydrogens is 388 g/mol. The standard InChI is InChI=1S/C22H26N2O4S/c1-6-28-10-9-24-20-15(3)11-14(2)12-19(20)29-22(24)23-21(25)17-8-7-16(26-4)13-18(17)27-5/h7-8,11-13H,6,9-10H2,1-5H3. The van der Waals surface area contributed by atoms with Gasteiger partial charge in [0.25, 0.3) is 5.91 Å². The summed E-state index contributed by atoms with van der Waals surface area (Å²) in [4.78, 5) is 18.1. The Balaban J connectivity index is 2.12. The minimum absolute atomic E-state index is 0.351. The Labute approximate surface area is 174 Å². The number of aryl methyl sites for hydroxylation is 2. The van der Waals surface area contributed by atoms with Gasteiger partial charge < -0.3 is 18.8 Å². The Morgan fingerprint density at radius 2 is 1.93 bits per heavy atom. The van der Waals surface area contributed by atoms with Gasteiger partial charge in [-0.25, -0.2) is 0 Å². The lowest BCUT2D eigenvalue weighted by atomic mass is 10.1. The van der Waals surface area contributed by atoms with Crippen molar-refractivity contribution in [3.63, 3.8) is 0 Å². The van der Waals surface area contributed by atoms with Gasteiger partial charge in [-0.2, -0.15) is 4.99 Å². The maximum atomic E-state index is 13.0. The van der Waals surface area contributed by atoms with Gasteiger partial charge in [-0.3, -0.25) is 4.79 Å². The van der Waals surface area contributed by atoms with Crippen LogP contribution in [0.5, 0.6) is 11.5 Å². The summed E-state index contributed by atoms with van der Waals surface area (Å²) in [7, 11) is 3.10. The molecule has 0 N–H and O–H groups in total. The summed E-state index contributed by atoms with van der Waals surface area (Å²) in [6.45, 7) is 7.95. The van der Waals surface area contributed by atoms with E-state index in [2.05, 4.69) is 35.5 Å². The van der Waals surface area contributed by atoms with E-state index >= 15 is 0 Å². The average Bonchev–Trinajstić information content (AvgIpc) is 3.04. The van der Waals surface area contributed by atoms with Crippen molar-refractivity contribution in [2.75, 3.05) is 27.4 Å².